The molecule has 3 aromatic rings. The van der Waals surface area contributed by atoms with Crippen LogP contribution >= 0.6 is 0 Å². The monoisotopic (exact) mass is 286 g/mol. The van der Waals surface area contributed by atoms with Crippen molar-refractivity contribution in [1.29, 1.82) is 0 Å². The zero-order valence-corrected chi connectivity index (χ0v) is 11.9. The van der Waals surface area contributed by atoms with Gasteiger partial charge < -0.3 is 14.2 Å². The number of nitrogens with zero attached hydrogens (tertiary/aromatic N) is 4. The lowest BCUT2D eigenvalue weighted by Gasteiger charge is -2.13. The van der Waals surface area contributed by atoms with Crippen molar-refractivity contribution in [1.82, 2.24) is 19.8 Å². The number of imidazole rings is 1. The maximum atomic E-state index is 5.35. The fourth-order valence-corrected chi connectivity index (χ4v) is 2.12. The quantitative estimate of drug-likeness (QED) is 0.728. The van der Waals surface area contributed by atoms with Gasteiger partial charge in [0.15, 0.2) is 17.1 Å². The van der Waals surface area contributed by atoms with Gasteiger partial charge in [0.05, 0.1) is 39.4 Å². The Morgan fingerprint density at radius 2 is 1.71 bits per heavy atom. The zero-order valence-electron chi connectivity index (χ0n) is 11.9. The number of rotatable bonds is 4. The fraction of sp³-hybridized carbons (Fsp3) is 0.214. The van der Waals surface area contributed by atoms with Crippen LogP contribution in [0, 0.1) is 0 Å². The molecule has 21 heavy (non-hydrogen) atoms. The summed E-state index contributed by atoms with van der Waals surface area (Å²) in [5.74, 6) is 1.71. The summed E-state index contributed by atoms with van der Waals surface area (Å²) in [6.45, 7) is 0. The van der Waals surface area contributed by atoms with Crippen LogP contribution in [-0.4, -0.2) is 41.1 Å². The van der Waals surface area contributed by atoms with E-state index in [2.05, 4.69) is 15.3 Å². The molecule has 2 aromatic heterocycles. The van der Waals surface area contributed by atoms with E-state index in [4.69, 9.17) is 14.2 Å². The molecule has 0 saturated carbocycles. The predicted octanol–water partition coefficient (Wildman–Crippen LogP) is 1.82. The van der Waals surface area contributed by atoms with Crippen molar-refractivity contribution in [2.24, 2.45) is 0 Å². The van der Waals surface area contributed by atoms with Gasteiger partial charge in [-0.2, -0.15) is 0 Å². The van der Waals surface area contributed by atoms with Crippen LogP contribution in [0.1, 0.15) is 0 Å². The highest BCUT2D eigenvalue weighted by Crippen LogP contribution is 2.40. The molecule has 7 heteroatoms. The number of methoxy groups -OCH3 is 3. The Morgan fingerprint density at radius 3 is 2.29 bits per heavy atom. The van der Waals surface area contributed by atoms with Crippen molar-refractivity contribution in [3.8, 4) is 28.5 Å². The van der Waals surface area contributed by atoms with Crippen LogP contribution < -0.4 is 14.2 Å². The minimum atomic E-state index is 0.548. The van der Waals surface area contributed by atoms with E-state index >= 15 is 0 Å². The lowest BCUT2D eigenvalue weighted by Crippen LogP contribution is -1.95. The average Bonchev–Trinajstić information content (AvgIpc) is 2.97. The third-order valence-corrected chi connectivity index (χ3v) is 3.11. The van der Waals surface area contributed by atoms with Crippen molar-refractivity contribution in [3.05, 3.63) is 30.6 Å². The van der Waals surface area contributed by atoms with E-state index in [1.54, 1.807) is 44.3 Å². The van der Waals surface area contributed by atoms with Crippen molar-refractivity contribution < 1.29 is 14.2 Å². The van der Waals surface area contributed by atoms with Gasteiger partial charge in [0.25, 0.3) is 0 Å². The van der Waals surface area contributed by atoms with E-state index < -0.39 is 0 Å². The smallest absolute Gasteiger partial charge is 0.203 e. The molecule has 0 unspecified atom stereocenters. The van der Waals surface area contributed by atoms with E-state index in [1.807, 2.05) is 12.1 Å². The van der Waals surface area contributed by atoms with E-state index in [-0.39, 0.29) is 0 Å². The van der Waals surface area contributed by atoms with E-state index in [9.17, 15) is 0 Å². The van der Waals surface area contributed by atoms with Gasteiger partial charge in [0.1, 0.15) is 0 Å². The minimum absolute atomic E-state index is 0.548. The molecule has 0 bridgehead atoms. The van der Waals surface area contributed by atoms with Gasteiger partial charge in [0, 0.05) is 11.6 Å². The van der Waals surface area contributed by atoms with Crippen LogP contribution in [0.4, 0.5) is 0 Å². The average molecular weight is 286 g/mol. The summed E-state index contributed by atoms with van der Waals surface area (Å²) in [5.41, 5.74) is 2.30. The molecule has 0 saturated heterocycles. The first kappa shape index (κ1) is 13.2. The number of fused-ring (bicyclic) bond motifs is 1. The predicted molar refractivity (Wildman–Crippen MR) is 75.9 cm³/mol. The summed E-state index contributed by atoms with van der Waals surface area (Å²) in [4.78, 5) is 4.50. The third-order valence-electron chi connectivity index (χ3n) is 3.11. The van der Waals surface area contributed by atoms with Crippen molar-refractivity contribution in [2.45, 2.75) is 0 Å². The molecule has 2 heterocycles. The second-order valence-corrected chi connectivity index (χ2v) is 4.26. The summed E-state index contributed by atoms with van der Waals surface area (Å²) >= 11 is 0. The van der Waals surface area contributed by atoms with Crippen LogP contribution in [0.2, 0.25) is 0 Å². The van der Waals surface area contributed by atoms with E-state index in [0.717, 1.165) is 11.3 Å². The highest BCUT2D eigenvalue weighted by atomic mass is 16.5. The first-order valence-electron chi connectivity index (χ1n) is 6.24. The molecular weight excluding hydrogens is 272 g/mol. The van der Waals surface area contributed by atoms with Gasteiger partial charge in [-0.25, -0.2) is 9.50 Å². The number of ether oxygens (including phenoxy) is 3. The van der Waals surface area contributed by atoms with Gasteiger partial charge in [-0.05, 0) is 12.1 Å². The number of benzene rings is 1. The van der Waals surface area contributed by atoms with Crippen molar-refractivity contribution in [3.63, 3.8) is 0 Å². The van der Waals surface area contributed by atoms with Crippen molar-refractivity contribution in [2.75, 3.05) is 21.3 Å². The molecule has 108 valence electrons. The highest BCUT2D eigenvalue weighted by Gasteiger charge is 2.15. The standard InChI is InChI=1S/C14H14N4O3/c1-19-11-6-9(7-12(20-2)14(11)21-3)10-8-18-13(16-10)4-5-15-17-18/h4-8H,1-3H3. The molecule has 0 atom stereocenters. The van der Waals surface area contributed by atoms with Crippen LogP contribution in [-0.2, 0) is 0 Å². The molecule has 0 radical (unpaired) electrons. The van der Waals surface area contributed by atoms with Crippen LogP contribution in [0.5, 0.6) is 17.2 Å². The Hall–Kier alpha value is -2.83. The molecule has 0 N–H and O–H groups in total. The van der Waals surface area contributed by atoms with Gasteiger partial charge >= 0.3 is 0 Å². The molecule has 3 rings (SSSR count). The Morgan fingerprint density at radius 1 is 1.00 bits per heavy atom. The summed E-state index contributed by atoms with van der Waals surface area (Å²) in [6, 6.07) is 5.47. The SMILES string of the molecule is COc1cc(-c2cn3nnccc3n2)cc(OC)c1OC. The van der Waals surface area contributed by atoms with Crippen LogP contribution in [0.25, 0.3) is 16.9 Å². The molecule has 1 aromatic carbocycles. The van der Waals surface area contributed by atoms with E-state index in [1.165, 1.54) is 0 Å². The number of aromatic nitrogens is 4. The van der Waals surface area contributed by atoms with Crippen LogP contribution in [0.15, 0.2) is 30.6 Å². The Bertz CT molecular complexity index is 727. The van der Waals surface area contributed by atoms with Gasteiger partial charge in [-0.3, -0.25) is 0 Å². The molecule has 0 spiro atoms. The minimum Gasteiger partial charge on any atom is -0.493 e. The van der Waals surface area contributed by atoms with Crippen LogP contribution in [0.3, 0.4) is 0 Å². The molecule has 0 aliphatic rings. The topological polar surface area (TPSA) is 70.8 Å². The van der Waals surface area contributed by atoms with Crippen molar-refractivity contribution >= 4 is 5.65 Å². The maximum Gasteiger partial charge on any atom is 0.203 e. The summed E-state index contributed by atoms with van der Waals surface area (Å²) in [5, 5.41) is 7.78. The van der Waals surface area contributed by atoms with Gasteiger partial charge in [-0.15, -0.1) is 5.10 Å². The molecule has 0 aliphatic carbocycles. The molecule has 0 fully saturated rings. The second kappa shape index (κ2) is 5.28. The fourth-order valence-electron chi connectivity index (χ4n) is 2.12. The zero-order chi connectivity index (χ0) is 14.8. The van der Waals surface area contributed by atoms with E-state index in [0.29, 0.717) is 22.9 Å². The maximum absolute atomic E-state index is 5.35. The molecule has 0 aliphatic heterocycles. The summed E-state index contributed by atoms with van der Waals surface area (Å²) < 4.78 is 17.6. The molecule has 0 amide bonds. The molecular formula is C14H14N4O3. The molecule has 7 nitrogen and oxygen atoms in total. The third kappa shape index (κ3) is 2.22. The lowest BCUT2D eigenvalue weighted by atomic mass is 10.1. The summed E-state index contributed by atoms with van der Waals surface area (Å²) in [7, 11) is 4.73. The largest absolute Gasteiger partial charge is 0.493 e. The second-order valence-electron chi connectivity index (χ2n) is 4.26. The Kier molecular flexibility index (Phi) is 3.31. The van der Waals surface area contributed by atoms with Gasteiger partial charge in [0.2, 0.25) is 5.75 Å². The first-order chi connectivity index (χ1) is 10.3. The summed E-state index contributed by atoms with van der Waals surface area (Å²) in [6.07, 6.45) is 3.39. The normalized spacial score (nSPS) is 10.6. The Balaban J connectivity index is 2.17. The number of hydrogen-bond donors (Lipinski definition) is 0. The highest BCUT2D eigenvalue weighted by molar-refractivity contribution is 5.70. The first-order valence-corrected chi connectivity index (χ1v) is 6.24. The lowest BCUT2D eigenvalue weighted by molar-refractivity contribution is 0.324. The number of hydrogen-bond acceptors (Lipinski definition) is 6. The Labute approximate surface area is 121 Å². The van der Waals surface area contributed by atoms with Gasteiger partial charge in [-0.1, -0.05) is 5.21 Å².